The van der Waals surface area contributed by atoms with Gasteiger partial charge in [-0.3, -0.25) is 14.5 Å². The molecular weight excluding hydrogens is 214 g/mol. The number of ketones is 1. The zero-order valence-corrected chi connectivity index (χ0v) is 10.1. The van der Waals surface area contributed by atoms with Crippen LogP contribution in [-0.2, 0) is 13.5 Å². The van der Waals surface area contributed by atoms with Crippen molar-refractivity contribution in [2.75, 3.05) is 0 Å². The summed E-state index contributed by atoms with van der Waals surface area (Å²) in [4.78, 5) is 16.0. The van der Waals surface area contributed by atoms with Gasteiger partial charge in [0.05, 0.1) is 0 Å². The molecule has 0 atom stereocenters. The Kier molecular flexibility index (Phi) is 3.32. The summed E-state index contributed by atoms with van der Waals surface area (Å²) >= 11 is 0. The number of carbonyl (C=O) groups excluding carboxylic acids is 1. The monoisotopic (exact) mass is 229 g/mol. The molecule has 2 rings (SSSR count). The predicted molar refractivity (Wildman–Crippen MR) is 64.8 cm³/mol. The highest BCUT2D eigenvalue weighted by atomic mass is 16.1. The maximum atomic E-state index is 11.9. The molecular formula is C13H15N3O. The third kappa shape index (κ3) is 2.78. The standard InChI is InChI=1S/C13H15N3O/c1-10-7-11(9-14-8-10)13(17)4-3-12-5-6-15-16(12)2/h5-9H,3-4H2,1-2H3. The highest BCUT2D eigenvalue weighted by molar-refractivity contribution is 5.95. The smallest absolute Gasteiger partial charge is 0.164 e. The molecule has 0 unspecified atom stereocenters. The molecule has 88 valence electrons. The first-order valence-electron chi connectivity index (χ1n) is 5.58. The van der Waals surface area contributed by atoms with Crippen molar-refractivity contribution in [3.8, 4) is 0 Å². The fourth-order valence-electron chi connectivity index (χ4n) is 1.74. The average Bonchev–Trinajstić information content (AvgIpc) is 2.72. The van der Waals surface area contributed by atoms with Gasteiger partial charge in [-0.1, -0.05) is 0 Å². The number of Topliss-reactive ketones (excluding diaryl/α,β-unsaturated/α-hetero) is 1. The summed E-state index contributed by atoms with van der Waals surface area (Å²) in [5, 5.41) is 4.07. The fraction of sp³-hybridized carbons (Fsp3) is 0.308. The SMILES string of the molecule is Cc1cncc(C(=O)CCc2ccnn2C)c1. The maximum absolute atomic E-state index is 11.9. The molecule has 4 nitrogen and oxygen atoms in total. The number of hydrogen-bond donors (Lipinski definition) is 0. The second kappa shape index (κ2) is 4.91. The van der Waals surface area contributed by atoms with Gasteiger partial charge >= 0.3 is 0 Å². The van der Waals surface area contributed by atoms with Crippen molar-refractivity contribution in [1.29, 1.82) is 0 Å². The molecule has 0 spiro atoms. The Bertz CT molecular complexity index is 531. The van der Waals surface area contributed by atoms with Gasteiger partial charge in [-0.05, 0) is 31.0 Å². The van der Waals surface area contributed by atoms with E-state index in [0.717, 1.165) is 11.3 Å². The molecule has 0 aliphatic carbocycles. The van der Waals surface area contributed by atoms with Gasteiger partial charge in [0.15, 0.2) is 5.78 Å². The number of aromatic nitrogens is 3. The molecule has 0 N–H and O–H groups in total. The van der Waals surface area contributed by atoms with E-state index in [4.69, 9.17) is 0 Å². The van der Waals surface area contributed by atoms with Crippen LogP contribution in [-0.4, -0.2) is 20.5 Å². The highest BCUT2D eigenvalue weighted by Crippen LogP contribution is 2.08. The largest absolute Gasteiger partial charge is 0.294 e. The van der Waals surface area contributed by atoms with Crippen LogP contribution in [0.15, 0.2) is 30.7 Å². The summed E-state index contributed by atoms with van der Waals surface area (Å²) in [7, 11) is 1.88. The van der Waals surface area contributed by atoms with Crippen molar-refractivity contribution in [2.45, 2.75) is 19.8 Å². The van der Waals surface area contributed by atoms with Crippen LogP contribution in [0.1, 0.15) is 28.0 Å². The average molecular weight is 229 g/mol. The van der Waals surface area contributed by atoms with Gasteiger partial charge in [-0.25, -0.2) is 0 Å². The van der Waals surface area contributed by atoms with Crippen LogP contribution < -0.4 is 0 Å². The minimum Gasteiger partial charge on any atom is -0.294 e. The number of nitrogens with zero attached hydrogens (tertiary/aromatic N) is 3. The zero-order chi connectivity index (χ0) is 12.3. The van der Waals surface area contributed by atoms with Gasteiger partial charge in [0.25, 0.3) is 0 Å². The predicted octanol–water partition coefficient (Wildman–Crippen LogP) is 1.94. The van der Waals surface area contributed by atoms with Gasteiger partial charge in [-0.15, -0.1) is 0 Å². The van der Waals surface area contributed by atoms with Crippen molar-refractivity contribution >= 4 is 5.78 Å². The van der Waals surface area contributed by atoms with Gasteiger partial charge in [0.2, 0.25) is 0 Å². The number of hydrogen-bond acceptors (Lipinski definition) is 3. The van der Waals surface area contributed by atoms with E-state index in [-0.39, 0.29) is 5.78 Å². The summed E-state index contributed by atoms with van der Waals surface area (Å²) in [5.41, 5.74) is 2.77. The molecule has 0 fully saturated rings. The number of aryl methyl sites for hydroxylation is 3. The summed E-state index contributed by atoms with van der Waals surface area (Å²) in [6.45, 7) is 1.94. The van der Waals surface area contributed by atoms with Crippen molar-refractivity contribution in [1.82, 2.24) is 14.8 Å². The van der Waals surface area contributed by atoms with E-state index in [0.29, 0.717) is 18.4 Å². The van der Waals surface area contributed by atoms with E-state index in [1.54, 1.807) is 23.3 Å². The molecule has 0 radical (unpaired) electrons. The molecule has 2 aromatic heterocycles. The van der Waals surface area contributed by atoms with E-state index < -0.39 is 0 Å². The second-order valence-electron chi connectivity index (χ2n) is 4.12. The van der Waals surface area contributed by atoms with Crippen molar-refractivity contribution in [3.63, 3.8) is 0 Å². The Morgan fingerprint density at radius 1 is 1.41 bits per heavy atom. The third-order valence-electron chi connectivity index (χ3n) is 2.73. The highest BCUT2D eigenvalue weighted by Gasteiger charge is 2.08. The molecule has 0 aromatic carbocycles. The van der Waals surface area contributed by atoms with Gasteiger partial charge < -0.3 is 0 Å². The molecule has 2 heterocycles. The molecule has 2 aromatic rings. The van der Waals surface area contributed by atoms with E-state index in [1.807, 2.05) is 26.1 Å². The first-order valence-corrected chi connectivity index (χ1v) is 5.58. The molecule has 0 amide bonds. The van der Waals surface area contributed by atoms with Gasteiger partial charge in [0, 0.05) is 43.3 Å². The summed E-state index contributed by atoms with van der Waals surface area (Å²) in [5.74, 6) is 0.127. The topological polar surface area (TPSA) is 47.8 Å². The lowest BCUT2D eigenvalue weighted by molar-refractivity contribution is 0.0982. The van der Waals surface area contributed by atoms with Crippen molar-refractivity contribution in [3.05, 3.63) is 47.5 Å². The molecule has 17 heavy (non-hydrogen) atoms. The quantitative estimate of drug-likeness (QED) is 0.753. The molecule has 0 saturated heterocycles. The third-order valence-corrected chi connectivity index (χ3v) is 2.73. The van der Waals surface area contributed by atoms with Crippen LogP contribution >= 0.6 is 0 Å². The first-order chi connectivity index (χ1) is 8.16. The molecule has 0 saturated carbocycles. The van der Waals surface area contributed by atoms with Crippen LogP contribution in [0.3, 0.4) is 0 Å². The summed E-state index contributed by atoms with van der Waals surface area (Å²) in [6.07, 6.45) is 6.32. The Hall–Kier alpha value is -1.97. The van der Waals surface area contributed by atoms with E-state index in [9.17, 15) is 4.79 Å². The van der Waals surface area contributed by atoms with E-state index >= 15 is 0 Å². The fourth-order valence-corrected chi connectivity index (χ4v) is 1.74. The van der Waals surface area contributed by atoms with E-state index in [2.05, 4.69) is 10.1 Å². The Labute approximate surface area is 100 Å². The van der Waals surface area contributed by atoms with Crippen molar-refractivity contribution in [2.24, 2.45) is 7.05 Å². The normalized spacial score (nSPS) is 10.5. The molecule has 4 heteroatoms. The van der Waals surface area contributed by atoms with Gasteiger partial charge in [0.1, 0.15) is 0 Å². The summed E-state index contributed by atoms with van der Waals surface area (Å²) in [6, 6.07) is 3.81. The maximum Gasteiger partial charge on any atom is 0.164 e. The van der Waals surface area contributed by atoms with Crippen LogP contribution in [0.5, 0.6) is 0 Å². The molecule has 0 aliphatic rings. The van der Waals surface area contributed by atoms with Crippen LogP contribution in [0.25, 0.3) is 0 Å². The lowest BCUT2D eigenvalue weighted by Gasteiger charge is -2.02. The molecule has 0 bridgehead atoms. The summed E-state index contributed by atoms with van der Waals surface area (Å²) < 4.78 is 1.79. The number of rotatable bonds is 4. The molecule has 0 aliphatic heterocycles. The van der Waals surface area contributed by atoms with Crippen LogP contribution in [0.4, 0.5) is 0 Å². The second-order valence-corrected chi connectivity index (χ2v) is 4.12. The Balaban J connectivity index is 2.01. The lowest BCUT2D eigenvalue weighted by atomic mass is 10.1. The Morgan fingerprint density at radius 3 is 2.88 bits per heavy atom. The van der Waals surface area contributed by atoms with E-state index in [1.165, 1.54) is 0 Å². The minimum atomic E-state index is 0.127. The zero-order valence-electron chi connectivity index (χ0n) is 10.1. The number of pyridine rings is 1. The van der Waals surface area contributed by atoms with Crippen molar-refractivity contribution < 1.29 is 4.79 Å². The Morgan fingerprint density at radius 2 is 2.24 bits per heavy atom. The lowest BCUT2D eigenvalue weighted by Crippen LogP contribution is -2.05. The van der Waals surface area contributed by atoms with Crippen LogP contribution in [0, 0.1) is 6.92 Å². The number of carbonyl (C=O) groups is 1. The first kappa shape index (κ1) is 11.5. The van der Waals surface area contributed by atoms with Crippen LogP contribution in [0.2, 0.25) is 0 Å². The minimum absolute atomic E-state index is 0.127. The van der Waals surface area contributed by atoms with Gasteiger partial charge in [-0.2, -0.15) is 5.10 Å².